The highest BCUT2D eigenvalue weighted by molar-refractivity contribution is 6.32. The average molecular weight is 465 g/mol. The Labute approximate surface area is 197 Å². The van der Waals surface area contributed by atoms with Gasteiger partial charge in [-0.1, -0.05) is 11.6 Å². The van der Waals surface area contributed by atoms with E-state index in [4.69, 9.17) is 31.8 Å². The molecule has 1 aliphatic heterocycles. The van der Waals surface area contributed by atoms with Crippen LogP contribution in [0.25, 0.3) is 16.9 Å². The zero-order chi connectivity index (χ0) is 22.9. The first-order valence-electron chi connectivity index (χ1n) is 10.7. The molecule has 1 aromatic carbocycles. The highest BCUT2D eigenvalue weighted by atomic mass is 35.5. The van der Waals surface area contributed by atoms with Gasteiger partial charge in [-0.2, -0.15) is 0 Å². The summed E-state index contributed by atoms with van der Waals surface area (Å²) in [5.41, 5.74) is 10.4. The van der Waals surface area contributed by atoms with Crippen LogP contribution in [-0.2, 0) is 0 Å². The molecule has 170 valence electrons. The summed E-state index contributed by atoms with van der Waals surface area (Å²) in [5.74, 6) is 1.77. The van der Waals surface area contributed by atoms with Crippen molar-refractivity contribution in [3.63, 3.8) is 0 Å². The van der Waals surface area contributed by atoms with Crippen LogP contribution in [0.15, 0.2) is 55.0 Å². The molecule has 33 heavy (non-hydrogen) atoms. The molecule has 1 fully saturated rings. The highest BCUT2D eigenvalue weighted by Gasteiger charge is 2.19. The molecule has 3 aromatic heterocycles. The first kappa shape index (κ1) is 21.2. The molecule has 4 heterocycles. The van der Waals surface area contributed by atoms with Crippen molar-refractivity contribution in [2.75, 3.05) is 55.9 Å². The first-order valence-corrected chi connectivity index (χ1v) is 11.1. The van der Waals surface area contributed by atoms with E-state index >= 15 is 0 Å². The summed E-state index contributed by atoms with van der Waals surface area (Å²) < 4.78 is 12.9. The van der Waals surface area contributed by atoms with Crippen LogP contribution in [0.3, 0.4) is 0 Å². The number of piperazine rings is 1. The lowest BCUT2D eigenvalue weighted by Gasteiger charge is -2.37. The summed E-state index contributed by atoms with van der Waals surface area (Å²) in [7, 11) is 3.21. The lowest BCUT2D eigenvalue weighted by atomic mass is 10.1. The summed E-state index contributed by atoms with van der Waals surface area (Å²) in [4.78, 5) is 13.8. The van der Waals surface area contributed by atoms with Crippen LogP contribution in [0.5, 0.6) is 11.5 Å². The van der Waals surface area contributed by atoms with Gasteiger partial charge in [0.05, 0.1) is 36.8 Å². The van der Waals surface area contributed by atoms with E-state index < -0.39 is 0 Å². The van der Waals surface area contributed by atoms with Crippen LogP contribution >= 0.6 is 11.6 Å². The zero-order valence-electron chi connectivity index (χ0n) is 18.5. The number of nitrogens with two attached hydrogens (primary N) is 1. The Bertz CT molecular complexity index is 1280. The molecule has 0 amide bonds. The van der Waals surface area contributed by atoms with E-state index in [-0.39, 0.29) is 0 Å². The number of benzene rings is 1. The number of hydrogen-bond acceptors (Lipinski definition) is 7. The smallest absolute Gasteiger partial charge is 0.141 e. The Morgan fingerprint density at radius 2 is 1.64 bits per heavy atom. The van der Waals surface area contributed by atoms with E-state index in [0.29, 0.717) is 22.3 Å². The topological polar surface area (TPSA) is 81.2 Å². The third kappa shape index (κ3) is 4.09. The maximum absolute atomic E-state index is 6.36. The second-order valence-electron chi connectivity index (χ2n) is 7.88. The molecule has 0 unspecified atom stereocenters. The second-order valence-corrected chi connectivity index (χ2v) is 8.29. The van der Waals surface area contributed by atoms with Gasteiger partial charge in [-0.05, 0) is 24.3 Å². The van der Waals surface area contributed by atoms with Crippen molar-refractivity contribution in [3.05, 3.63) is 60.0 Å². The number of halogens is 1. The minimum Gasteiger partial charge on any atom is -0.496 e. The quantitative estimate of drug-likeness (QED) is 0.478. The fourth-order valence-electron chi connectivity index (χ4n) is 4.17. The largest absolute Gasteiger partial charge is 0.496 e. The number of anilines is 3. The third-order valence-electron chi connectivity index (χ3n) is 5.97. The average Bonchev–Trinajstić information content (AvgIpc) is 3.28. The molecule has 1 saturated heterocycles. The molecule has 0 spiro atoms. The summed E-state index contributed by atoms with van der Waals surface area (Å²) in [6.45, 7) is 3.65. The van der Waals surface area contributed by atoms with Crippen LogP contribution in [0.4, 0.5) is 17.2 Å². The lowest BCUT2D eigenvalue weighted by Crippen LogP contribution is -2.46. The van der Waals surface area contributed by atoms with Gasteiger partial charge in [0, 0.05) is 62.0 Å². The van der Waals surface area contributed by atoms with Crippen molar-refractivity contribution in [2.45, 2.75) is 0 Å². The van der Waals surface area contributed by atoms with E-state index in [1.807, 2.05) is 41.2 Å². The zero-order valence-corrected chi connectivity index (χ0v) is 19.3. The number of rotatable bonds is 5. The standard InChI is InChI=1S/C24H25ClN6O2/c1-32-21-13-22(33-2)19(25)12-18(21)20-15-31-6-5-16(11-24(31)28-20)29-7-9-30(10-8-29)17-3-4-23(26)27-14-17/h3-6,11-15H,7-10H2,1-2H3,(H2,26,27). The van der Waals surface area contributed by atoms with Gasteiger partial charge in [0.2, 0.25) is 0 Å². The van der Waals surface area contributed by atoms with Crippen molar-refractivity contribution >= 4 is 34.4 Å². The molecule has 1 aliphatic rings. The predicted octanol–water partition coefficient (Wildman–Crippen LogP) is 3.98. The van der Waals surface area contributed by atoms with E-state index in [9.17, 15) is 0 Å². The van der Waals surface area contributed by atoms with Gasteiger partial charge in [-0.15, -0.1) is 0 Å². The summed E-state index contributed by atoms with van der Waals surface area (Å²) >= 11 is 6.36. The summed E-state index contributed by atoms with van der Waals surface area (Å²) in [6.07, 6.45) is 5.85. The monoisotopic (exact) mass is 464 g/mol. The van der Waals surface area contributed by atoms with Gasteiger partial charge < -0.3 is 29.4 Å². The molecular formula is C24H25ClN6O2. The molecule has 0 aliphatic carbocycles. The molecular weight excluding hydrogens is 440 g/mol. The number of nitrogen functional groups attached to an aromatic ring is 1. The fourth-order valence-corrected chi connectivity index (χ4v) is 4.41. The molecule has 5 rings (SSSR count). The van der Waals surface area contributed by atoms with Crippen molar-refractivity contribution < 1.29 is 9.47 Å². The van der Waals surface area contributed by atoms with Crippen molar-refractivity contribution in [1.29, 1.82) is 0 Å². The number of fused-ring (bicyclic) bond motifs is 1. The number of methoxy groups -OCH3 is 2. The van der Waals surface area contributed by atoms with Crippen LogP contribution < -0.4 is 25.0 Å². The molecule has 4 aromatic rings. The molecule has 0 atom stereocenters. The summed E-state index contributed by atoms with van der Waals surface area (Å²) in [5, 5.41) is 0.514. The SMILES string of the molecule is COc1cc(OC)c(-c2cn3ccc(N4CCN(c5ccc(N)nc5)CC4)cc3n2)cc1Cl. The molecule has 9 heteroatoms. The molecule has 2 N–H and O–H groups in total. The van der Waals surface area contributed by atoms with Crippen LogP contribution in [0, 0.1) is 0 Å². The normalized spacial score (nSPS) is 14.0. The van der Waals surface area contributed by atoms with Crippen molar-refractivity contribution in [3.8, 4) is 22.8 Å². The Morgan fingerprint density at radius 1 is 0.909 bits per heavy atom. The first-order chi connectivity index (χ1) is 16.1. The van der Waals surface area contributed by atoms with Crippen molar-refractivity contribution in [2.24, 2.45) is 0 Å². The Hall–Kier alpha value is -3.65. The molecule has 0 bridgehead atoms. The number of aromatic nitrogens is 3. The van der Waals surface area contributed by atoms with Gasteiger partial charge in [0.1, 0.15) is 23.0 Å². The van der Waals surface area contributed by atoms with Crippen molar-refractivity contribution in [1.82, 2.24) is 14.4 Å². The minimum absolute atomic E-state index is 0.514. The molecule has 0 radical (unpaired) electrons. The highest BCUT2D eigenvalue weighted by Crippen LogP contribution is 2.38. The maximum atomic E-state index is 6.36. The number of nitrogens with zero attached hydrogens (tertiary/aromatic N) is 5. The Kier molecular flexibility index (Phi) is 5.60. The number of ether oxygens (including phenoxy) is 2. The summed E-state index contributed by atoms with van der Waals surface area (Å²) in [6, 6.07) is 11.7. The van der Waals surface area contributed by atoms with Gasteiger partial charge >= 0.3 is 0 Å². The maximum Gasteiger partial charge on any atom is 0.141 e. The fraction of sp³-hybridized carbons (Fsp3) is 0.250. The Morgan fingerprint density at radius 3 is 2.30 bits per heavy atom. The predicted molar refractivity (Wildman–Crippen MR) is 132 cm³/mol. The van der Waals surface area contributed by atoms with Gasteiger partial charge in [0.15, 0.2) is 0 Å². The van der Waals surface area contributed by atoms with Crippen LogP contribution in [0.1, 0.15) is 0 Å². The van der Waals surface area contributed by atoms with E-state index in [1.54, 1.807) is 20.3 Å². The van der Waals surface area contributed by atoms with Gasteiger partial charge in [-0.25, -0.2) is 9.97 Å². The van der Waals surface area contributed by atoms with Crippen LogP contribution in [-0.4, -0.2) is 54.8 Å². The van der Waals surface area contributed by atoms with E-state index in [2.05, 4.69) is 26.9 Å². The van der Waals surface area contributed by atoms with Gasteiger partial charge in [0.25, 0.3) is 0 Å². The number of imidazole rings is 1. The number of hydrogen-bond donors (Lipinski definition) is 1. The second kappa shape index (κ2) is 8.71. The number of pyridine rings is 2. The van der Waals surface area contributed by atoms with Crippen LogP contribution in [0.2, 0.25) is 5.02 Å². The third-order valence-corrected chi connectivity index (χ3v) is 6.27. The van der Waals surface area contributed by atoms with Gasteiger partial charge in [-0.3, -0.25) is 0 Å². The Balaban J connectivity index is 1.37. The molecule has 8 nitrogen and oxygen atoms in total. The minimum atomic E-state index is 0.514. The van der Waals surface area contributed by atoms with E-state index in [1.165, 1.54) is 0 Å². The van der Waals surface area contributed by atoms with E-state index in [0.717, 1.165) is 54.5 Å². The lowest BCUT2D eigenvalue weighted by molar-refractivity contribution is 0.395. The molecule has 0 saturated carbocycles.